The first-order valence-corrected chi connectivity index (χ1v) is 6.06. The van der Waals surface area contributed by atoms with Crippen molar-refractivity contribution in [2.24, 2.45) is 0 Å². The first kappa shape index (κ1) is 11.4. The van der Waals surface area contributed by atoms with E-state index in [0.717, 1.165) is 12.2 Å². The van der Waals surface area contributed by atoms with Crippen molar-refractivity contribution in [3.8, 4) is 5.75 Å². The Bertz CT molecular complexity index is 326. The Labute approximate surface area is 97.1 Å². The number of aromatic nitrogens is 1. The van der Waals surface area contributed by atoms with E-state index in [1.54, 1.807) is 6.07 Å². The van der Waals surface area contributed by atoms with E-state index in [1.165, 1.54) is 25.5 Å². The van der Waals surface area contributed by atoms with Gasteiger partial charge >= 0.3 is 0 Å². The van der Waals surface area contributed by atoms with E-state index in [2.05, 4.69) is 23.7 Å². The van der Waals surface area contributed by atoms with Crippen LogP contribution in [0.2, 0.25) is 0 Å². The van der Waals surface area contributed by atoms with Gasteiger partial charge in [-0.15, -0.1) is 0 Å². The summed E-state index contributed by atoms with van der Waals surface area (Å²) in [4.78, 5) is 6.75. The maximum atomic E-state index is 9.19. The maximum absolute atomic E-state index is 9.19. The lowest BCUT2D eigenvalue weighted by molar-refractivity contribution is 0.0938. The molecule has 16 heavy (non-hydrogen) atoms. The second-order valence-corrected chi connectivity index (χ2v) is 4.81. The molecule has 0 amide bonds. The van der Waals surface area contributed by atoms with Crippen LogP contribution in [0.1, 0.15) is 38.8 Å². The molecule has 0 aliphatic carbocycles. The molecule has 0 spiro atoms. The van der Waals surface area contributed by atoms with E-state index < -0.39 is 0 Å². The molecule has 0 saturated carbocycles. The molecule has 0 unspecified atom stereocenters. The van der Waals surface area contributed by atoms with Crippen LogP contribution in [0.3, 0.4) is 0 Å². The number of hydrogen-bond donors (Lipinski definition) is 1. The Balaban J connectivity index is 2.04. The molecule has 0 bridgehead atoms. The summed E-state index contributed by atoms with van der Waals surface area (Å²) in [5, 5.41) is 9.19. The molecule has 0 radical (unpaired) electrons. The summed E-state index contributed by atoms with van der Waals surface area (Å²) in [5.41, 5.74) is 1.04. The zero-order valence-corrected chi connectivity index (χ0v) is 10.1. The van der Waals surface area contributed by atoms with Crippen LogP contribution in [0, 0.1) is 0 Å². The van der Waals surface area contributed by atoms with E-state index in [1.807, 2.05) is 6.07 Å². The number of nitrogens with zero attached hydrogens (tertiary/aromatic N) is 2. The van der Waals surface area contributed by atoms with Gasteiger partial charge in [0.1, 0.15) is 5.75 Å². The number of likely N-dealkylation sites (tertiary alicyclic amines) is 1. The minimum absolute atomic E-state index is 0.239. The number of hydrogen-bond acceptors (Lipinski definition) is 3. The van der Waals surface area contributed by atoms with Crippen molar-refractivity contribution in [3.63, 3.8) is 0 Å². The Morgan fingerprint density at radius 2 is 2.00 bits per heavy atom. The number of piperidine rings is 1. The van der Waals surface area contributed by atoms with Crippen molar-refractivity contribution in [2.75, 3.05) is 0 Å². The molecule has 1 N–H and O–H groups in total. The highest BCUT2D eigenvalue weighted by molar-refractivity contribution is 5.18. The lowest BCUT2D eigenvalue weighted by atomic mass is 9.97. The van der Waals surface area contributed by atoms with Gasteiger partial charge in [0.2, 0.25) is 0 Å². The van der Waals surface area contributed by atoms with Crippen molar-refractivity contribution >= 4 is 0 Å². The molecule has 1 fully saturated rings. The van der Waals surface area contributed by atoms with E-state index in [0.29, 0.717) is 12.1 Å². The van der Waals surface area contributed by atoms with E-state index in [4.69, 9.17) is 0 Å². The summed E-state index contributed by atoms with van der Waals surface area (Å²) in [6, 6.07) is 4.89. The summed E-state index contributed by atoms with van der Waals surface area (Å²) in [6.45, 7) is 5.47. The van der Waals surface area contributed by atoms with Crippen molar-refractivity contribution in [1.82, 2.24) is 9.88 Å². The smallest absolute Gasteiger partial charge is 0.133 e. The zero-order chi connectivity index (χ0) is 11.5. The molecule has 88 valence electrons. The summed E-state index contributed by atoms with van der Waals surface area (Å²) >= 11 is 0. The van der Waals surface area contributed by atoms with E-state index >= 15 is 0 Å². The van der Waals surface area contributed by atoms with Gasteiger partial charge in [-0.2, -0.15) is 0 Å². The molecule has 2 atom stereocenters. The molecular formula is C13H20N2O. The van der Waals surface area contributed by atoms with Gasteiger partial charge in [-0.1, -0.05) is 6.42 Å². The van der Waals surface area contributed by atoms with Crippen LogP contribution in [0.5, 0.6) is 5.75 Å². The fourth-order valence-corrected chi connectivity index (χ4v) is 2.48. The molecule has 3 nitrogen and oxygen atoms in total. The first-order chi connectivity index (χ1) is 7.66. The number of aromatic hydroxyl groups is 1. The van der Waals surface area contributed by atoms with Crippen LogP contribution in [0.25, 0.3) is 0 Å². The lowest BCUT2D eigenvalue weighted by Crippen LogP contribution is -2.43. The Hall–Kier alpha value is -1.09. The van der Waals surface area contributed by atoms with Gasteiger partial charge in [-0.25, -0.2) is 0 Å². The third-order valence-electron chi connectivity index (χ3n) is 3.53. The van der Waals surface area contributed by atoms with Gasteiger partial charge in [0.25, 0.3) is 0 Å². The SMILES string of the molecule is C[C@@H]1CCC[C@H](C)N1Cc1ccc(O)cn1. The molecule has 1 aromatic rings. The summed E-state index contributed by atoms with van der Waals surface area (Å²) in [7, 11) is 0. The normalized spacial score (nSPS) is 26.9. The molecule has 1 aliphatic rings. The highest BCUT2D eigenvalue weighted by Crippen LogP contribution is 2.24. The van der Waals surface area contributed by atoms with Crippen molar-refractivity contribution in [3.05, 3.63) is 24.0 Å². The van der Waals surface area contributed by atoms with E-state index in [9.17, 15) is 5.11 Å². The number of rotatable bonds is 2. The molecule has 3 heteroatoms. The van der Waals surface area contributed by atoms with Gasteiger partial charge in [0.05, 0.1) is 11.9 Å². The molecule has 1 aromatic heterocycles. The van der Waals surface area contributed by atoms with Crippen molar-refractivity contribution in [2.45, 2.75) is 51.7 Å². The Morgan fingerprint density at radius 1 is 1.31 bits per heavy atom. The van der Waals surface area contributed by atoms with Crippen molar-refractivity contribution < 1.29 is 5.11 Å². The molecular weight excluding hydrogens is 200 g/mol. The molecule has 1 saturated heterocycles. The first-order valence-electron chi connectivity index (χ1n) is 6.06. The highest BCUT2D eigenvalue weighted by Gasteiger charge is 2.24. The van der Waals surface area contributed by atoms with Gasteiger partial charge in [0, 0.05) is 18.6 Å². The molecule has 2 heterocycles. The topological polar surface area (TPSA) is 36.4 Å². The number of pyridine rings is 1. The quantitative estimate of drug-likeness (QED) is 0.832. The van der Waals surface area contributed by atoms with Gasteiger partial charge < -0.3 is 5.11 Å². The summed E-state index contributed by atoms with van der Waals surface area (Å²) < 4.78 is 0. The second kappa shape index (κ2) is 4.83. The summed E-state index contributed by atoms with van der Waals surface area (Å²) in [5.74, 6) is 0.239. The average molecular weight is 220 g/mol. The second-order valence-electron chi connectivity index (χ2n) is 4.81. The minimum Gasteiger partial charge on any atom is -0.506 e. The Morgan fingerprint density at radius 3 is 2.56 bits per heavy atom. The van der Waals surface area contributed by atoms with Crippen LogP contribution in [-0.2, 0) is 6.54 Å². The van der Waals surface area contributed by atoms with Crippen LogP contribution in [0.4, 0.5) is 0 Å². The predicted molar refractivity (Wildman–Crippen MR) is 64.2 cm³/mol. The summed E-state index contributed by atoms with van der Waals surface area (Å²) in [6.07, 6.45) is 5.42. The third kappa shape index (κ3) is 2.53. The van der Waals surface area contributed by atoms with E-state index in [-0.39, 0.29) is 5.75 Å². The van der Waals surface area contributed by atoms with Crippen LogP contribution < -0.4 is 0 Å². The third-order valence-corrected chi connectivity index (χ3v) is 3.53. The minimum atomic E-state index is 0.239. The molecule has 0 aromatic carbocycles. The monoisotopic (exact) mass is 220 g/mol. The largest absolute Gasteiger partial charge is 0.506 e. The standard InChI is InChI=1S/C13H20N2O/c1-10-4-3-5-11(2)15(10)9-12-6-7-13(16)8-14-12/h6-8,10-11,16H,3-5,9H2,1-2H3/t10-,11+. The zero-order valence-electron chi connectivity index (χ0n) is 10.1. The van der Waals surface area contributed by atoms with Gasteiger partial charge in [0.15, 0.2) is 0 Å². The van der Waals surface area contributed by atoms with Crippen LogP contribution in [0.15, 0.2) is 18.3 Å². The fourth-order valence-electron chi connectivity index (χ4n) is 2.48. The fraction of sp³-hybridized carbons (Fsp3) is 0.615. The highest BCUT2D eigenvalue weighted by atomic mass is 16.3. The molecule has 2 rings (SSSR count). The van der Waals surface area contributed by atoms with Gasteiger partial charge in [-0.05, 0) is 38.8 Å². The Kier molecular flexibility index (Phi) is 3.44. The van der Waals surface area contributed by atoms with Gasteiger partial charge in [-0.3, -0.25) is 9.88 Å². The predicted octanol–water partition coefficient (Wildman–Crippen LogP) is 2.55. The van der Waals surface area contributed by atoms with Crippen molar-refractivity contribution in [1.29, 1.82) is 0 Å². The lowest BCUT2D eigenvalue weighted by Gasteiger charge is -2.38. The maximum Gasteiger partial charge on any atom is 0.133 e. The molecule has 1 aliphatic heterocycles. The van der Waals surface area contributed by atoms with Crippen LogP contribution >= 0.6 is 0 Å². The van der Waals surface area contributed by atoms with Crippen LogP contribution in [-0.4, -0.2) is 27.1 Å². The average Bonchev–Trinajstić information content (AvgIpc) is 2.26.